The standard InChI is InChI=1S/C80H125N21O11/c1-54(93-72(106)60(39-22-25-45-82)94-74(108)62(41-28-48-91-79(86)87)97-77(111)66(52-57-34-16-10-17-35-57)99-70(104)59(84)38-21-24-44-81)69(103)98-65(51-56-32-14-9-15-33-56)76(110)96-61(40-23-26-46-83)73(107)95-63(42-29-49-92-80(88)89)75(109)101-67(53-58-36-18-11-19-37-58)78(112)100-64(50-55-30-12-8-13-31-55)71(105)90-47-27-7-5-3-2-4-6-20-43-68(85)102/h8-19,30-37,54,59-67H,2-7,20-29,38-53,81-84H2,1H3,(H2,85,102)(H,90,105)(H,93,106)(H,94,108)(H,95,107)(H,96,110)(H,97,111)(H,98,103)(H,99,104)(H,100,112)(H,101,109)(H4,86,87,91)(H4,88,89,92)/t54-,59+,60+,61+,62+,63+,64+,65+,66+,67+/m1/s1. The van der Waals surface area contributed by atoms with Crippen molar-refractivity contribution in [3.8, 4) is 0 Å². The summed E-state index contributed by atoms with van der Waals surface area (Å²) in [5.74, 6) is -7.94. The molecule has 0 aliphatic carbocycles. The van der Waals surface area contributed by atoms with Gasteiger partial charge in [-0.2, -0.15) is 0 Å². The van der Waals surface area contributed by atoms with Gasteiger partial charge in [-0.1, -0.05) is 166 Å². The molecule has 32 heteroatoms. The third-order valence-electron chi connectivity index (χ3n) is 18.7. The highest BCUT2D eigenvalue weighted by molar-refractivity contribution is 5.99. The van der Waals surface area contributed by atoms with Crippen LogP contribution in [0.4, 0.5) is 0 Å². The van der Waals surface area contributed by atoms with E-state index in [0.29, 0.717) is 87.6 Å². The van der Waals surface area contributed by atoms with Gasteiger partial charge in [0.15, 0.2) is 11.9 Å². The molecule has 0 unspecified atom stereocenters. The van der Waals surface area contributed by atoms with Crippen LogP contribution in [0.5, 0.6) is 0 Å². The third-order valence-corrected chi connectivity index (χ3v) is 18.7. The molecular formula is C80H125N21O11. The predicted molar refractivity (Wildman–Crippen MR) is 434 cm³/mol. The van der Waals surface area contributed by atoms with E-state index >= 15 is 0 Å². The lowest BCUT2D eigenvalue weighted by molar-refractivity contribution is -0.136. The Kier molecular flexibility index (Phi) is 46.0. The fraction of sp³-hybridized carbons (Fsp3) is 0.537. The summed E-state index contributed by atoms with van der Waals surface area (Å²) >= 11 is 0. The van der Waals surface area contributed by atoms with E-state index in [1.807, 2.05) is 30.3 Å². The number of nitrogens with one attached hydrogen (secondary N) is 10. The Morgan fingerprint density at radius 2 is 0.580 bits per heavy atom. The average Bonchev–Trinajstić information content (AvgIpc) is 0.856. The summed E-state index contributed by atoms with van der Waals surface area (Å²) in [6.45, 7) is 2.74. The third kappa shape index (κ3) is 39.4. The zero-order valence-corrected chi connectivity index (χ0v) is 65.0. The van der Waals surface area contributed by atoms with Crippen LogP contribution in [0.3, 0.4) is 0 Å². The minimum atomic E-state index is -1.40. The van der Waals surface area contributed by atoms with E-state index in [9.17, 15) is 52.7 Å². The molecule has 0 spiro atoms. The molecule has 0 radical (unpaired) electrons. The first kappa shape index (κ1) is 93.8. The number of unbranched alkanes of at least 4 members (excludes halogenated alkanes) is 10. The highest BCUT2D eigenvalue weighted by atomic mass is 16.2. The monoisotopic (exact) mass is 1560 g/mol. The zero-order chi connectivity index (χ0) is 81.8. The summed E-state index contributed by atoms with van der Waals surface area (Å²) < 4.78 is 0. The molecule has 616 valence electrons. The molecule has 4 rings (SSSR count). The van der Waals surface area contributed by atoms with Crippen LogP contribution in [0.2, 0.25) is 0 Å². The molecule has 0 aliphatic rings. The lowest BCUT2D eigenvalue weighted by atomic mass is 10.0. The molecule has 112 heavy (non-hydrogen) atoms. The van der Waals surface area contributed by atoms with Gasteiger partial charge in [-0.15, -0.1) is 0 Å². The molecule has 0 aromatic heterocycles. The van der Waals surface area contributed by atoms with Crippen molar-refractivity contribution in [1.29, 1.82) is 0 Å². The van der Waals surface area contributed by atoms with Crippen molar-refractivity contribution in [2.45, 2.75) is 234 Å². The van der Waals surface area contributed by atoms with Crippen molar-refractivity contribution in [3.63, 3.8) is 0 Å². The molecule has 0 saturated carbocycles. The van der Waals surface area contributed by atoms with Crippen LogP contribution in [0, 0.1) is 0 Å². The molecular weight excluding hydrogens is 1430 g/mol. The lowest BCUT2D eigenvalue weighted by Crippen LogP contribution is -2.60. The quantitative estimate of drug-likeness (QED) is 0.0160. The largest absolute Gasteiger partial charge is 0.370 e. The number of nitrogens with two attached hydrogens (primary N) is 9. The summed E-state index contributed by atoms with van der Waals surface area (Å²) in [7, 11) is 0. The molecule has 0 bridgehead atoms. The van der Waals surface area contributed by atoms with Crippen LogP contribution in [0.1, 0.15) is 170 Å². The molecule has 11 amide bonds. The van der Waals surface area contributed by atoms with Crippen molar-refractivity contribution >= 4 is 76.9 Å². The van der Waals surface area contributed by atoms with Crippen molar-refractivity contribution in [2.75, 3.05) is 39.3 Å². The molecule has 32 nitrogen and oxygen atoms in total. The highest BCUT2D eigenvalue weighted by Gasteiger charge is 2.36. The maximum absolute atomic E-state index is 14.9. The van der Waals surface area contributed by atoms with Crippen LogP contribution in [0.25, 0.3) is 0 Å². The van der Waals surface area contributed by atoms with Gasteiger partial charge in [-0.05, 0) is 139 Å². The second-order valence-electron chi connectivity index (χ2n) is 28.2. The minimum Gasteiger partial charge on any atom is -0.370 e. The van der Waals surface area contributed by atoms with E-state index in [4.69, 9.17) is 51.6 Å². The van der Waals surface area contributed by atoms with Gasteiger partial charge in [-0.3, -0.25) is 62.7 Å². The number of carbonyl (C=O) groups excluding carboxylic acids is 11. The van der Waals surface area contributed by atoms with E-state index in [2.05, 4.69) is 63.2 Å². The Balaban J connectivity index is 1.60. The van der Waals surface area contributed by atoms with Crippen LogP contribution in [0.15, 0.2) is 131 Å². The average molecular weight is 1560 g/mol. The normalized spacial score (nSPS) is 13.7. The smallest absolute Gasteiger partial charge is 0.243 e. The number of primary amides is 1. The van der Waals surface area contributed by atoms with Crippen molar-refractivity contribution in [3.05, 3.63) is 144 Å². The molecule has 10 atom stereocenters. The van der Waals surface area contributed by atoms with Gasteiger partial charge >= 0.3 is 0 Å². The molecule has 28 N–H and O–H groups in total. The van der Waals surface area contributed by atoms with Crippen molar-refractivity contribution in [1.82, 2.24) is 53.2 Å². The summed E-state index contributed by atoms with van der Waals surface area (Å²) in [4.78, 5) is 164. The second-order valence-corrected chi connectivity index (χ2v) is 28.2. The first-order valence-electron chi connectivity index (χ1n) is 39.3. The number of benzene rings is 4. The number of nitrogens with zero attached hydrogens (tertiary/aromatic N) is 2. The number of hydrogen-bond donors (Lipinski definition) is 19. The molecule has 0 saturated heterocycles. The molecule has 0 aliphatic heterocycles. The van der Waals surface area contributed by atoms with Gasteiger partial charge in [0.1, 0.15) is 54.4 Å². The van der Waals surface area contributed by atoms with E-state index < -0.39 is 119 Å². The SMILES string of the molecule is C[C@@H](NC(=O)[C@H](CCCCN)NC(=O)[C@H](CCCN=C(N)N)NC(=O)[C@H](Cc1ccccc1)NC(=O)[C@@H](N)CCCCN)C(=O)N[C@@H](Cc1ccccc1)C(=O)N[C@@H](CCCCN)C(=O)N[C@@H](CCCN=C(N)N)C(=O)N[C@@H](Cc1ccccc1)C(=O)N[C@@H](Cc1ccccc1)C(=O)NCCCCCCCCCCC(N)=O. The number of aliphatic imine (C=N–C) groups is 2. The Morgan fingerprint density at radius 1 is 0.304 bits per heavy atom. The summed E-state index contributed by atoms with van der Waals surface area (Å²) in [6.07, 6.45) is 11.0. The van der Waals surface area contributed by atoms with Gasteiger partial charge in [0.2, 0.25) is 65.0 Å². The topological polar surface area (TPSA) is 567 Å². The number of guanidine groups is 2. The van der Waals surface area contributed by atoms with Gasteiger partial charge in [0.05, 0.1) is 6.04 Å². The van der Waals surface area contributed by atoms with E-state index in [0.717, 1.165) is 50.5 Å². The first-order chi connectivity index (χ1) is 53.9. The number of rotatable bonds is 58. The second kappa shape index (κ2) is 54.9. The lowest BCUT2D eigenvalue weighted by Gasteiger charge is -2.28. The molecule has 0 fully saturated rings. The van der Waals surface area contributed by atoms with Gasteiger partial charge in [-0.25, -0.2) is 0 Å². The number of hydrogen-bond acceptors (Lipinski definition) is 17. The molecule has 4 aromatic rings. The molecule has 4 aromatic carbocycles. The Labute approximate surface area is 658 Å². The molecule has 0 heterocycles. The number of amides is 11. The summed E-state index contributed by atoms with van der Waals surface area (Å²) in [6, 6.07) is 23.0. The van der Waals surface area contributed by atoms with E-state index in [-0.39, 0.29) is 108 Å². The minimum absolute atomic E-state index is 0.00780. The van der Waals surface area contributed by atoms with Crippen molar-refractivity contribution in [2.24, 2.45) is 61.6 Å². The Morgan fingerprint density at radius 3 is 0.920 bits per heavy atom. The predicted octanol–water partition coefficient (Wildman–Crippen LogP) is 0.274. The fourth-order valence-electron chi connectivity index (χ4n) is 12.4. The summed E-state index contributed by atoms with van der Waals surface area (Å²) in [5, 5.41) is 28.2. The maximum atomic E-state index is 14.9. The first-order valence-corrected chi connectivity index (χ1v) is 39.3. The maximum Gasteiger partial charge on any atom is 0.243 e. The van der Waals surface area contributed by atoms with Crippen LogP contribution >= 0.6 is 0 Å². The highest BCUT2D eigenvalue weighted by Crippen LogP contribution is 2.16. The van der Waals surface area contributed by atoms with Gasteiger partial charge in [0.25, 0.3) is 0 Å². The van der Waals surface area contributed by atoms with Gasteiger partial charge in [0, 0.05) is 51.7 Å². The van der Waals surface area contributed by atoms with Crippen LogP contribution in [-0.2, 0) is 78.4 Å². The Hall–Kier alpha value is -10.6. The van der Waals surface area contributed by atoms with Crippen molar-refractivity contribution < 1.29 is 52.7 Å². The van der Waals surface area contributed by atoms with E-state index in [1.54, 1.807) is 91.0 Å². The Bertz CT molecular complexity index is 3540. The van der Waals surface area contributed by atoms with Crippen LogP contribution in [-0.4, -0.2) is 177 Å². The van der Waals surface area contributed by atoms with E-state index in [1.165, 1.54) is 6.92 Å². The zero-order valence-electron chi connectivity index (χ0n) is 65.0. The van der Waals surface area contributed by atoms with Crippen LogP contribution < -0.4 is 105 Å². The fourth-order valence-corrected chi connectivity index (χ4v) is 12.4. The number of carbonyl (C=O) groups is 11. The van der Waals surface area contributed by atoms with Gasteiger partial charge < -0.3 is 105 Å². The summed E-state index contributed by atoms with van der Waals surface area (Å²) in [5.41, 5.74) is 54.3.